The van der Waals surface area contributed by atoms with Crippen LogP contribution in [-0.2, 0) is 0 Å². The number of methoxy groups -OCH3 is 2. The number of ether oxygens (including phenoxy) is 2. The molecule has 28 heavy (non-hydrogen) atoms. The summed E-state index contributed by atoms with van der Waals surface area (Å²) in [5.74, 6) is 2.76. The number of pyridine rings is 1. The molecule has 0 atom stereocenters. The first kappa shape index (κ1) is 18.4. The third-order valence-electron chi connectivity index (χ3n) is 5.33. The van der Waals surface area contributed by atoms with E-state index < -0.39 is 0 Å². The fraction of sp³-hybridized carbons (Fsp3) is 0.292. The van der Waals surface area contributed by atoms with E-state index in [0.717, 1.165) is 52.8 Å². The monoisotopic (exact) mass is 374 g/mol. The van der Waals surface area contributed by atoms with E-state index in [1.54, 1.807) is 14.2 Å². The molecule has 4 nitrogen and oxygen atoms in total. The van der Waals surface area contributed by atoms with E-state index in [4.69, 9.17) is 14.5 Å². The second-order valence-electron chi connectivity index (χ2n) is 7.07. The van der Waals surface area contributed by atoms with Gasteiger partial charge in [-0.15, -0.1) is 0 Å². The zero-order valence-electron chi connectivity index (χ0n) is 16.5. The maximum Gasteiger partial charge on any atom is 0.129 e. The van der Waals surface area contributed by atoms with Crippen molar-refractivity contribution in [3.05, 3.63) is 60.7 Å². The van der Waals surface area contributed by atoms with Gasteiger partial charge < -0.3 is 14.4 Å². The topological polar surface area (TPSA) is 34.6 Å². The fourth-order valence-corrected chi connectivity index (χ4v) is 3.72. The van der Waals surface area contributed by atoms with E-state index >= 15 is 0 Å². The quantitative estimate of drug-likeness (QED) is 0.597. The van der Waals surface area contributed by atoms with Crippen molar-refractivity contribution in [1.29, 1.82) is 0 Å². The van der Waals surface area contributed by atoms with Crippen LogP contribution in [0.2, 0.25) is 0 Å². The lowest BCUT2D eigenvalue weighted by molar-refractivity contribution is 0.414. The van der Waals surface area contributed by atoms with Crippen LogP contribution >= 0.6 is 0 Å². The van der Waals surface area contributed by atoms with Gasteiger partial charge in [0.1, 0.15) is 17.3 Å². The number of hydrogen-bond donors (Lipinski definition) is 0. The first-order valence-corrected chi connectivity index (χ1v) is 9.83. The standard InChI is InChI=1S/C24H26N2O2/c1-27-20-10-6-18(7-11-20)22-14-15-23(26-16-4-3-5-17-26)25-24(22)19-8-12-21(28-2)13-9-19/h6-15H,3-5,16-17H2,1-2H3. The molecule has 1 fully saturated rings. The Balaban J connectivity index is 1.78. The molecule has 0 amide bonds. The summed E-state index contributed by atoms with van der Waals surface area (Å²) in [6, 6.07) is 20.6. The van der Waals surface area contributed by atoms with E-state index in [2.05, 4.69) is 41.3 Å². The highest BCUT2D eigenvalue weighted by Gasteiger charge is 2.16. The number of anilines is 1. The Labute approximate surface area is 166 Å². The Morgan fingerprint density at radius 3 is 1.82 bits per heavy atom. The van der Waals surface area contributed by atoms with Crippen molar-refractivity contribution in [3.63, 3.8) is 0 Å². The number of nitrogens with zero attached hydrogens (tertiary/aromatic N) is 2. The molecule has 0 saturated carbocycles. The minimum Gasteiger partial charge on any atom is -0.497 e. The Kier molecular flexibility index (Phi) is 5.47. The maximum absolute atomic E-state index is 5.32. The molecule has 1 aliphatic rings. The lowest BCUT2D eigenvalue weighted by atomic mass is 9.99. The summed E-state index contributed by atoms with van der Waals surface area (Å²) in [6.45, 7) is 2.16. The van der Waals surface area contributed by atoms with Gasteiger partial charge in [0, 0.05) is 24.2 Å². The van der Waals surface area contributed by atoms with Crippen LogP contribution in [0.1, 0.15) is 19.3 Å². The van der Waals surface area contributed by atoms with Gasteiger partial charge in [-0.05, 0) is 73.4 Å². The molecule has 1 saturated heterocycles. The molecule has 4 heteroatoms. The van der Waals surface area contributed by atoms with Crippen LogP contribution in [0.15, 0.2) is 60.7 Å². The first-order valence-electron chi connectivity index (χ1n) is 9.83. The van der Waals surface area contributed by atoms with Crippen LogP contribution in [-0.4, -0.2) is 32.3 Å². The van der Waals surface area contributed by atoms with Gasteiger partial charge in [0.15, 0.2) is 0 Å². The van der Waals surface area contributed by atoms with Crippen molar-refractivity contribution < 1.29 is 9.47 Å². The van der Waals surface area contributed by atoms with Crippen molar-refractivity contribution in [1.82, 2.24) is 4.98 Å². The van der Waals surface area contributed by atoms with Crippen LogP contribution in [0.4, 0.5) is 5.82 Å². The van der Waals surface area contributed by atoms with Gasteiger partial charge >= 0.3 is 0 Å². The van der Waals surface area contributed by atoms with Crippen LogP contribution in [0.5, 0.6) is 11.5 Å². The summed E-state index contributed by atoms with van der Waals surface area (Å²) in [6.07, 6.45) is 3.78. The summed E-state index contributed by atoms with van der Waals surface area (Å²) in [5, 5.41) is 0. The number of hydrogen-bond acceptors (Lipinski definition) is 4. The van der Waals surface area contributed by atoms with Gasteiger partial charge in [0.2, 0.25) is 0 Å². The maximum atomic E-state index is 5.32. The molecule has 0 unspecified atom stereocenters. The molecular weight excluding hydrogens is 348 g/mol. The first-order chi connectivity index (χ1) is 13.8. The second kappa shape index (κ2) is 8.34. The Hall–Kier alpha value is -3.01. The van der Waals surface area contributed by atoms with Gasteiger partial charge in [-0.3, -0.25) is 0 Å². The predicted octanol–water partition coefficient (Wildman–Crippen LogP) is 5.42. The molecule has 0 radical (unpaired) electrons. The van der Waals surface area contributed by atoms with Gasteiger partial charge in [-0.25, -0.2) is 4.98 Å². The van der Waals surface area contributed by atoms with E-state index in [1.807, 2.05) is 24.3 Å². The molecule has 144 valence electrons. The number of rotatable bonds is 5. The van der Waals surface area contributed by atoms with Gasteiger partial charge in [0.25, 0.3) is 0 Å². The highest BCUT2D eigenvalue weighted by molar-refractivity contribution is 5.82. The van der Waals surface area contributed by atoms with Gasteiger partial charge in [-0.2, -0.15) is 0 Å². The average molecular weight is 374 g/mol. The Morgan fingerprint density at radius 2 is 1.25 bits per heavy atom. The molecule has 1 aromatic heterocycles. The van der Waals surface area contributed by atoms with Gasteiger partial charge in [-0.1, -0.05) is 12.1 Å². The summed E-state index contributed by atoms with van der Waals surface area (Å²) in [5.41, 5.74) is 4.33. The number of piperidine rings is 1. The largest absolute Gasteiger partial charge is 0.497 e. The molecule has 3 aromatic rings. The normalized spacial score (nSPS) is 14.0. The molecule has 2 aromatic carbocycles. The molecule has 0 aliphatic carbocycles. The van der Waals surface area contributed by atoms with E-state index in [0.29, 0.717) is 0 Å². The van der Waals surface area contributed by atoms with E-state index in [1.165, 1.54) is 19.3 Å². The zero-order valence-corrected chi connectivity index (χ0v) is 16.5. The number of benzene rings is 2. The molecule has 2 heterocycles. The van der Waals surface area contributed by atoms with E-state index in [9.17, 15) is 0 Å². The fourth-order valence-electron chi connectivity index (χ4n) is 3.72. The highest BCUT2D eigenvalue weighted by Crippen LogP contribution is 2.34. The molecule has 0 spiro atoms. The summed E-state index contributed by atoms with van der Waals surface area (Å²) in [4.78, 5) is 7.49. The van der Waals surface area contributed by atoms with Crippen LogP contribution in [0, 0.1) is 0 Å². The molecule has 0 bridgehead atoms. The van der Waals surface area contributed by atoms with Crippen LogP contribution in [0.3, 0.4) is 0 Å². The van der Waals surface area contributed by atoms with Crippen molar-refractivity contribution in [2.45, 2.75) is 19.3 Å². The second-order valence-corrected chi connectivity index (χ2v) is 7.07. The van der Waals surface area contributed by atoms with Crippen LogP contribution < -0.4 is 14.4 Å². The summed E-state index contributed by atoms with van der Waals surface area (Å²) in [7, 11) is 3.37. The van der Waals surface area contributed by atoms with Crippen molar-refractivity contribution in [3.8, 4) is 33.9 Å². The minimum absolute atomic E-state index is 0.849. The lowest BCUT2D eigenvalue weighted by Crippen LogP contribution is -2.30. The summed E-state index contributed by atoms with van der Waals surface area (Å²) >= 11 is 0. The highest BCUT2D eigenvalue weighted by atomic mass is 16.5. The van der Waals surface area contributed by atoms with Crippen LogP contribution in [0.25, 0.3) is 22.4 Å². The lowest BCUT2D eigenvalue weighted by Gasteiger charge is -2.28. The molecule has 1 aliphatic heterocycles. The minimum atomic E-state index is 0.849. The summed E-state index contributed by atoms with van der Waals surface area (Å²) < 4.78 is 10.6. The van der Waals surface area contributed by atoms with Gasteiger partial charge in [0.05, 0.1) is 19.9 Å². The van der Waals surface area contributed by atoms with Crippen molar-refractivity contribution in [2.24, 2.45) is 0 Å². The van der Waals surface area contributed by atoms with Crippen molar-refractivity contribution >= 4 is 5.82 Å². The molecule has 4 rings (SSSR count). The number of aromatic nitrogens is 1. The SMILES string of the molecule is COc1ccc(-c2ccc(N3CCCCC3)nc2-c2ccc(OC)cc2)cc1. The zero-order chi connectivity index (χ0) is 19.3. The third kappa shape index (κ3) is 3.81. The Morgan fingerprint density at radius 1 is 0.679 bits per heavy atom. The molecule has 0 N–H and O–H groups in total. The third-order valence-corrected chi connectivity index (χ3v) is 5.33. The van der Waals surface area contributed by atoms with Crippen molar-refractivity contribution in [2.75, 3.05) is 32.2 Å². The average Bonchev–Trinajstić information content (AvgIpc) is 2.79. The smallest absolute Gasteiger partial charge is 0.129 e. The Bertz CT molecular complexity index is 914. The predicted molar refractivity (Wildman–Crippen MR) is 114 cm³/mol. The molecular formula is C24H26N2O2. The van der Waals surface area contributed by atoms with E-state index in [-0.39, 0.29) is 0 Å².